The van der Waals surface area contributed by atoms with E-state index in [0.29, 0.717) is 11.4 Å². The predicted molar refractivity (Wildman–Crippen MR) is 88.0 cm³/mol. The molecule has 0 aliphatic heterocycles. The molecule has 4 N–H and O–H groups in total. The van der Waals surface area contributed by atoms with Crippen LogP contribution in [0.15, 0.2) is 40.9 Å². The van der Waals surface area contributed by atoms with Gasteiger partial charge in [-0.15, -0.1) is 0 Å². The summed E-state index contributed by atoms with van der Waals surface area (Å²) >= 11 is 5.57. The van der Waals surface area contributed by atoms with E-state index in [9.17, 15) is 4.79 Å². The number of nitrogens with one attached hydrogen (secondary N) is 1. The Morgan fingerprint density at radius 3 is 2.63 bits per heavy atom. The van der Waals surface area contributed by atoms with Gasteiger partial charge in [0.05, 0.1) is 16.9 Å². The average molecular weight is 433 g/mol. The van der Waals surface area contributed by atoms with Crippen LogP contribution in [-0.4, -0.2) is 11.1 Å². The monoisotopic (exact) mass is 432 g/mol. The second-order valence-electron chi connectivity index (χ2n) is 3.86. The quantitative estimate of drug-likeness (QED) is 0.504. The molecule has 0 atom stereocenters. The van der Waals surface area contributed by atoms with Crippen LogP contribution in [0.25, 0.3) is 0 Å². The van der Waals surface area contributed by atoms with Crippen molar-refractivity contribution in [2.24, 2.45) is 0 Å². The highest BCUT2D eigenvalue weighted by molar-refractivity contribution is 14.1. The Labute approximate surface area is 132 Å². The predicted octanol–water partition coefficient (Wildman–Crippen LogP) is 4.08. The van der Waals surface area contributed by atoms with Gasteiger partial charge in [-0.3, -0.25) is 0 Å². The molecule has 0 aliphatic rings. The molecule has 4 nitrogen and oxygen atoms in total. The fraction of sp³-hybridized carbons (Fsp3) is 0. The van der Waals surface area contributed by atoms with Gasteiger partial charge >= 0.3 is 5.97 Å². The average Bonchev–Trinajstić information content (AvgIpc) is 2.33. The number of hydrogen-bond acceptors (Lipinski definition) is 3. The fourth-order valence-corrected chi connectivity index (χ4v) is 2.42. The number of anilines is 3. The van der Waals surface area contributed by atoms with Crippen LogP contribution in [0, 0.1) is 3.57 Å². The molecular weight excluding hydrogens is 423 g/mol. The molecular formula is C13H10BrIN2O2. The molecule has 2 rings (SSSR count). The van der Waals surface area contributed by atoms with E-state index in [1.165, 1.54) is 6.07 Å². The lowest BCUT2D eigenvalue weighted by molar-refractivity contribution is 0.0698. The van der Waals surface area contributed by atoms with E-state index in [2.05, 4.69) is 43.8 Å². The van der Waals surface area contributed by atoms with Crippen molar-refractivity contribution in [1.82, 2.24) is 0 Å². The van der Waals surface area contributed by atoms with E-state index in [1.54, 1.807) is 12.1 Å². The first-order valence-corrected chi connectivity index (χ1v) is 7.19. The van der Waals surface area contributed by atoms with Crippen LogP contribution in [-0.2, 0) is 0 Å². The van der Waals surface area contributed by atoms with Crippen molar-refractivity contribution in [2.75, 3.05) is 11.1 Å². The molecule has 0 amide bonds. The van der Waals surface area contributed by atoms with Gasteiger partial charge in [-0.05, 0) is 59.0 Å². The van der Waals surface area contributed by atoms with Crippen molar-refractivity contribution >= 4 is 61.6 Å². The Morgan fingerprint density at radius 2 is 1.95 bits per heavy atom. The largest absolute Gasteiger partial charge is 0.478 e. The summed E-state index contributed by atoms with van der Waals surface area (Å²) < 4.78 is 1.90. The van der Waals surface area contributed by atoms with Crippen LogP contribution in [0.3, 0.4) is 0 Å². The number of benzene rings is 2. The Bertz CT molecular complexity index is 647. The second kappa shape index (κ2) is 5.79. The maximum absolute atomic E-state index is 11.2. The van der Waals surface area contributed by atoms with E-state index in [1.807, 2.05) is 18.2 Å². The maximum atomic E-state index is 11.2. The molecule has 98 valence electrons. The van der Waals surface area contributed by atoms with Crippen LogP contribution in [0.4, 0.5) is 17.1 Å². The number of rotatable bonds is 3. The second-order valence-corrected chi connectivity index (χ2v) is 5.94. The summed E-state index contributed by atoms with van der Waals surface area (Å²) in [6.45, 7) is 0. The van der Waals surface area contributed by atoms with E-state index in [0.717, 1.165) is 13.7 Å². The van der Waals surface area contributed by atoms with Crippen LogP contribution in [0.2, 0.25) is 0 Å². The lowest BCUT2D eigenvalue weighted by Crippen LogP contribution is -2.04. The molecule has 0 fully saturated rings. The Morgan fingerprint density at radius 1 is 1.21 bits per heavy atom. The Kier molecular flexibility index (Phi) is 4.31. The lowest BCUT2D eigenvalue weighted by atomic mass is 10.1. The van der Waals surface area contributed by atoms with Crippen molar-refractivity contribution in [3.63, 3.8) is 0 Å². The number of nitrogens with two attached hydrogens (primary N) is 1. The van der Waals surface area contributed by atoms with Gasteiger partial charge in [0.2, 0.25) is 0 Å². The van der Waals surface area contributed by atoms with Crippen molar-refractivity contribution in [2.45, 2.75) is 0 Å². The SMILES string of the molecule is Nc1ccc(C(=O)O)c(Nc2cc(Br)ccc2I)c1. The van der Waals surface area contributed by atoms with Gasteiger partial charge in [0.25, 0.3) is 0 Å². The molecule has 0 unspecified atom stereocenters. The summed E-state index contributed by atoms with van der Waals surface area (Å²) in [6, 6.07) is 10.4. The molecule has 0 aromatic heterocycles. The van der Waals surface area contributed by atoms with E-state index in [4.69, 9.17) is 10.8 Å². The molecule has 0 bridgehead atoms. The van der Waals surface area contributed by atoms with Crippen molar-refractivity contribution < 1.29 is 9.90 Å². The molecule has 0 radical (unpaired) electrons. The van der Waals surface area contributed by atoms with E-state index in [-0.39, 0.29) is 5.56 Å². The number of aromatic carboxylic acids is 1. The van der Waals surface area contributed by atoms with Gasteiger partial charge in [-0.25, -0.2) is 4.79 Å². The molecule has 0 saturated carbocycles. The summed E-state index contributed by atoms with van der Waals surface area (Å²) in [4.78, 5) is 11.2. The standard InChI is InChI=1S/C13H10BrIN2O2/c14-7-1-4-10(15)12(5-7)17-11-6-8(16)2-3-9(11)13(18)19/h1-6,17H,16H2,(H,18,19). The topological polar surface area (TPSA) is 75.4 Å². The molecule has 6 heteroatoms. The van der Waals surface area contributed by atoms with Crippen LogP contribution in [0.1, 0.15) is 10.4 Å². The summed E-state index contributed by atoms with van der Waals surface area (Å²) in [5.41, 5.74) is 7.70. The van der Waals surface area contributed by atoms with Gasteiger partial charge in [-0.1, -0.05) is 15.9 Å². The summed E-state index contributed by atoms with van der Waals surface area (Å²) in [5.74, 6) is -0.993. The zero-order valence-corrected chi connectivity index (χ0v) is 13.4. The van der Waals surface area contributed by atoms with Gasteiger partial charge < -0.3 is 16.2 Å². The van der Waals surface area contributed by atoms with Crippen molar-refractivity contribution in [3.8, 4) is 0 Å². The number of carboxylic acid groups (broad SMARTS) is 1. The van der Waals surface area contributed by atoms with Crippen LogP contribution in [0.5, 0.6) is 0 Å². The minimum absolute atomic E-state index is 0.185. The molecule has 0 spiro atoms. The number of nitrogen functional groups attached to an aromatic ring is 1. The minimum atomic E-state index is -0.993. The summed E-state index contributed by atoms with van der Waals surface area (Å²) in [6.07, 6.45) is 0. The van der Waals surface area contributed by atoms with E-state index >= 15 is 0 Å². The molecule has 2 aromatic rings. The van der Waals surface area contributed by atoms with Crippen LogP contribution < -0.4 is 11.1 Å². The molecule has 2 aromatic carbocycles. The number of carboxylic acids is 1. The zero-order valence-electron chi connectivity index (χ0n) is 9.65. The number of carbonyl (C=O) groups is 1. The first kappa shape index (κ1) is 14.1. The van der Waals surface area contributed by atoms with Crippen molar-refractivity contribution in [3.05, 3.63) is 50.0 Å². The first-order chi connectivity index (χ1) is 8.97. The smallest absolute Gasteiger partial charge is 0.337 e. The highest BCUT2D eigenvalue weighted by Gasteiger charge is 2.11. The Hall–Kier alpha value is -1.28. The lowest BCUT2D eigenvalue weighted by Gasteiger charge is -2.12. The Balaban J connectivity index is 2.45. The highest BCUT2D eigenvalue weighted by Crippen LogP contribution is 2.29. The van der Waals surface area contributed by atoms with E-state index < -0.39 is 5.97 Å². The molecule has 0 heterocycles. The third-order valence-electron chi connectivity index (χ3n) is 2.47. The number of hydrogen-bond donors (Lipinski definition) is 3. The minimum Gasteiger partial charge on any atom is -0.478 e. The summed E-state index contributed by atoms with van der Waals surface area (Å²) in [5, 5.41) is 12.3. The normalized spacial score (nSPS) is 10.2. The highest BCUT2D eigenvalue weighted by atomic mass is 127. The van der Waals surface area contributed by atoms with Crippen LogP contribution >= 0.6 is 38.5 Å². The third kappa shape index (κ3) is 3.38. The molecule has 0 aliphatic carbocycles. The molecule has 19 heavy (non-hydrogen) atoms. The van der Waals surface area contributed by atoms with Gasteiger partial charge in [0.15, 0.2) is 0 Å². The van der Waals surface area contributed by atoms with Gasteiger partial charge in [-0.2, -0.15) is 0 Å². The first-order valence-electron chi connectivity index (χ1n) is 5.32. The fourth-order valence-electron chi connectivity index (χ4n) is 1.59. The van der Waals surface area contributed by atoms with Gasteiger partial charge in [0, 0.05) is 13.7 Å². The zero-order chi connectivity index (χ0) is 14.0. The molecule has 0 saturated heterocycles. The van der Waals surface area contributed by atoms with Crippen molar-refractivity contribution in [1.29, 1.82) is 0 Å². The number of halogens is 2. The third-order valence-corrected chi connectivity index (χ3v) is 3.91. The maximum Gasteiger partial charge on any atom is 0.337 e. The van der Waals surface area contributed by atoms with Gasteiger partial charge in [0.1, 0.15) is 0 Å². The summed E-state index contributed by atoms with van der Waals surface area (Å²) in [7, 11) is 0.